The van der Waals surface area contributed by atoms with Crippen molar-refractivity contribution in [2.24, 2.45) is 5.92 Å². The molecule has 1 atom stereocenters. The normalized spacial score (nSPS) is 19.6. The molecule has 1 unspecified atom stereocenters. The smallest absolute Gasteiger partial charge is 0.309 e. The van der Waals surface area contributed by atoms with Crippen LogP contribution < -0.4 is 0 Å². The summed E-state index contributed by atoms with van der Waals surface area (Å²) in [4.78, 5) is 11.3. The van der Waals surface area contributed by atoms with Crippen molar-refractivity contribution in [3.05, 3.63) is 0 Å². The van der Waals surface area contributed by atoms with Gasteiger partial charge in [0.1, 0.15) is 0 Å². The van der Waals surface area contributed by atoms with Gasteiger partial charge in [-0.1, -0.05) is 19.8 Å². The Balaban J connectivity index is 2.54. The molecule has 0 aromatic heterocycles. The molecule has 1 rings (SSSR count). The zero-order chi connectivity index (χ0) is 12.2. The summed E-state index contributed by atoms with van der Waals surface area (Å²) < 4.78 is 28.7. The quantitative estimate of drug-likeness (QED) is 0.692. The molecule has 0 amide bonds. The van der Waals surface area contributed by atoms with Gasteiger partial charge >= 0.3 is 5.97 Å². The third-order valence-corrected chi connectivity index (χ3v) is 5.43. The zero-order valence-corrected chi connectivity index (χ0v) is 10.8. The number of ether oxygens (including phenoxy) is 1. The molecule has 0 spiro atoms. The molecule has 1 aliphatic carbocycles. The number of carbonyl (C=O) groups is 1. The summed E-state index contributed by atoms with van der Waals surface area (Å²) in [5, 5.41) is -0.232. The Bertz CT molecular complexity index is 328. The van der Waals surface area contributed by atoms with E-state index in [4.69, 9.17) is 4.74 Å². The van der Waals surface area contributed by atoms with Crippen molar-refractivity contribution in [2.75, 3.05) is 12.4 Å². The molecular weight excluding hydrogens is 228 g/mol. The molecule has 0 saturated heterocycles. The van der Waals surface area contributed by atoms with Gasteiger partial charge < -0.3 is 4.74 Å². The van der Waals surface area contributed by atoms with Crippen molar-refractivity contribution in [3.63, 3.8) is 0 Å². The van der Waals surface area contributed by atoms with Gasteiger partial charge in [-0.15, -0.1) is 0 Å². The topological polar surface area (TPSA) is 60.4 Å². The van der Waals surface area contributed by atoms with E-state index in [0.29, 0.717) is 6.61 Å². The van der Waals surface area contributed by atoms with Crippen molar-refractivity contribution >= 4 is 15.8 Å². The molecule has 0 N–H and O–H groups in total. The summed E-state index contributed by atoms with van der Waals surface area (Å²) >= 11 is 0. The Labute approximate surface area is 97.3 Å². The highest BCUT2D eigenvalue weighted by atomic mass is 32.2. The Morgan fingerprint density at radius 2 is 1.94 bits per heavy atom. The molecule has 1 saturated carbocycles. The van der Waals surface area contributed by atoms with Gasteiger partial charge in [-0.3, -0.25) is 4.79 Å². The largest absolute Gasteiger partial charge is 0.466 e. The first-order valence-corrected chi connectivity index (χ1v) is 7.57. The van der Waals surface area contributed by atoms with Crippen LogP contribution in [-0.4, -0.2) is 32.0 Å². The van der Waals surface area contributed by atoms with Gasteiger partial charge in [-0.25, -0.2) is 8.42 Å². The van der Waals surface area contributed by atoms with E-state index in [0.717, 1.165) is 25.7 Å². The highest BCUT2D eigenvalue weighted by Crippen LogP contribution is 2.26. The summed E-state index contributed by atoms with van der Waals surface area (Å²) in [6.07, 6.45) is 3.46. The van der Waals surface area contributed by atoms with Crippen molar-refractivity contribution < 1.29 is 17.9 Å². The highest BCUT2D eigenvalue weighted by Gasteiger charge is 2.32. The maximum atomic E-state index is 11.9. The molecule has 1 aliphatic rings. The minimum absolute atomic E-state index is 0.0729. The van der Waals surface area contributed by atoms with E-state index in [1.54, 1.807) is 13.8 Å². The first-order valence-electron chi connectivity index (χ1n) is 5.85. The van der Waals surface area contributed by atoms with Gasteiger partial charge in [0.25, 0.3) is 0 Å². The number of sulfone groups is 1. The van der Waals surface area contributed by atoms with Crippen LogP contribution in [0.4, 0.5) is 0 Å². The Morgan fingerprint density at radius 1 is 1.38 bits per heavy atom. The van der Waals surface area contributed by atoms with Crippen LogP contribution in [0.5, 0.6) is 0 Å². The number of esters is 1. The summed E-state index contributed by atoms with van der Waals surface area (Å²) in [6, 6.07) is 0. The fourth-order valence-corrected chi connectivity index (χ4v) is 4.24. The van der Waals surface area contributed by atoms with Gasteiger partial charge in [-0.05, 0) is 19.8 Å². The monoisotopic (exact) mass is 248 g/mol. The highest BCUT2D eigenvalue weighted by molar-refractivity contribution is 7.92. The van der Waals surface area contributed by atoms with Crippen molar-refractivity contribution in [2.45, 2.75) is 44.8 Å². The molecule has 5 heteroatoms. The molecule has 1 fully saturated rings. The Hall–Kier alpha value is -0.580. The Morgan fingerprint density at radius 3 is 2.44 bits per heavy atom. The lowest BCUT2D eigenvalue weighted by Gasteiger charge is -2.14. The van der Waals surface area contributed by atoms with Gasteiger partial charge in [0.05, 0.1) is 23.5 Å². The molecule has 94 valence electrons. The summed E-state index contributed by atoms with van der Waals surface area (Å²) in [5.41, 5.74) is 0. The molecule has 0 aromatic carbocycles. The SMILES string of the molecule is CCOC(=O)C(C)CS(=O)(=O)C1CCCC1. The number of hydrogen-bond donors (Lipinski definition) is 0. The molecular formula is C11H20O4S. The lowest BCUT2D eigenvalue weighted by atomic mass is 10.2. The van der Waals surface area contributed by atoms with Crippen LogP contribution in [-0.2, 0) is 19.4 Å². The third kappa shape index (κ3) is 3.47. The van der Waals surface area contributed by atoms with Crippen LogP contribution in [0, 0.1) is 5.92 Å². The maximum Gasteiger partial charge on any atom is 0.309 e. The molecule has 0 bridgehead atoms. The van der Waals surface area contributed by atoms with Crippen LogP contribution in [0.3, 0.4) is 0 Å². The van der Waals surface area contributed by atoms with E-state index in [9.17, 15) is 13.2 Å². The first kappa shape index (κ1) is 13.5. The second kappa shape index (κ2) is 5.66. The van der Waals surface area contributed by atoms with E-state index in [-0.39, 0.29) is 11.0 Å². The molecule has 0 radical (unpaired) electrons. The van der Waals surface area contributed by atoms with Crippen molar-refractivity contribution in [3.8, 4) is 0 Å². The van der Waals surface area contributed by atoms with Crippen LogP contribution >= 0.6 is 0 Å². The second-order valence-corrected chi connectivity index (χ2v) is 6.71. The summed E-state index contributed by atoms with van der Waals surface area (Å²) in [7, 11) is -3.12. The standard InChI is InChI=1S/C11H20O4S/c1-3-15-11(12)9(2)8-16(13,14)10-6-4-5-7-10/h9-10H,3-8H2,1-2H3. The average Bonchev–Trinajstić information content (AvgIpc) is 2.70. The van der Waals surface area contributed by atoms with Gasteiger partial charge in [-0.2, -0.15) is 0 Å². The zero-order valence-electron chi connectivity index (χ0n) is 9.94. The van der Waals surface area contributed by atoms with Crippen LogP contribution in [0.1, 0.15) is 39.5 Å². The average molecular weight is 248 g/mol. The van der Waals surface area contributed by atoms with Gasteiger partial charge in [0.15, 0.2) is 9.84 Å². The van der Waals surface area contributed by atoms with Crippen molar-refractivity contribution in [1.82, 2.24) is 0 Å². The third-order valence-electron chi connectivity index (χ3n) is 2.98. The second-order valence-electron chi connectivity index (χ2n) is 4.39. The first-order chi connectivity index (χ1) is 7.47. The predicted molar refractivity (Wildman–Crippen MR) is 61.8 cm³/mol. The van der Waals surface area contributed by atoms with Crippen LogP contribution in [0.2, 0.25) is 0 Å². The summed E-state index contributed by atoms with van der Waals surface area (Å²) in [6.45, 7) is 3.63. The molecule has 0 aromatic rings. The van der Waals surface area contributed by atoms with Gasteiger partial charge in [0, 0.05) is 0 Å². The molecule has 4 nitrogen and oxygen atoms in total. The van der Waals surface area contributed by atoms with Crippen LogP contribution in [0.25, 0.3) is 0 Å². The van der Waals surface area contributed by atoms with E-state index in [2.05, 4.69) is 0 Å². The fourth-order valence-electron chi connectivity index (χ4n) is 2.08. The van der Waals surface area contributed by atoms with E-state index < -0.39 is 21.7 Å². The van der Waals surface area contributed by atoms with Crippen LogP contribution in [0.15, 0.2) is 0 Å². The van der Waals surface area contributed by atoms with E-state index in [1.165, 1.54) is 0 Å². The minimum atomic E-state index is -3.12. The lowest BCUT2D eigenvalue weighted by molar-refractivity contribution is -0.146. The maximum absolute atomic E-state index is 11.9. The molecule has 0 aliphatic heterocycles. The predicted octanol–water partition coefficient (Wildman–Crippen LogP) is 1.54. The lowest BCUT2D eigenvalue weighted by Crippen LogP contribution is -2.29. The number of rotatable bonds is 5. The van der Waals surface area contributed by atoms with Crippen molar-refractivity contribution in [1.29, 1.82) is 0 Å². The van der Waals surface area contributed by atoms with Gasteiger partial charge in [0.2, 0.25) is 0 Å². The minimum Gasteiger partial charge on any atom is -0.466 e. The fraction of sp³-hybridized carbons (Fsp3) is 0.909. The van der Waals surface area contributed by atoms with E-state index >= 15 is 0 Å². The molecule has 0 heterocycles. The number of hydrogen-bond acceptors (Lipinski definition) is 4. The number of carbonyl (C=O) groups excluding carboxylic acids is 1. The van der Waals surface area contributed by atoms with E-state index in [1.807, 2.05) is 0 Å². The molecule has 16 heavy (non-hydrogen) atoms. The summed E-state index contributed by atoms with van der Waals surface area (Å²) in [5.74, 6) is -1.04. The Kier molecular flexibility index (Phi) is 4.77.